The van der Waals surface area contributed by atoms with Crippen LogP contribution >= 0.6 is 11.8 Å². The molecule has 0 aliphatic heterocycles. The second kappa shape index (κ2) is 8.71. The van der Waals surface area contributed by atoms with Crippen molar-refractivity contribution < 1.29 is 9.53 Å². The highest BCUT2D eigenvalue weighted by Gasteiger charge is 2.17. The van der Waals surface area contributed by atoms with E-state index in [-0.39, 0.29) is 5.91 Å². The second-order valence-corrected chi connectivity index (χ2v) is 6.66. The van der Waals surface area contributed by atoms with Gasteiger partial charge in [0.15, 0.2) is 11.0 Å². The molecular weight excluding hydrogens is 336 g/mol. The molecule has 1 aromatic heterocycles. The summed E-state index contributed by atoms with van der Waals surface area (Å²) < 4.78 is 7.27. The molecule has 0 saturated carbocycles. The van der Waals surface area contributed by atoms with Gasteiger partial charge >= 0.3 is 0 Å². The molecule has 25 heavy (non-hydrogen) atoms. The predicted octanol–water partition coefficient (Wildman–Crippen LogP) is 3.01. The van der Waals surface area contributed by atoms with E-state index in [1.54, 1.807) is 12.0 Å². The Kier molecular flexibility index (Phi) is 6.64. The number of methoxy groups -OCH3 is 1. The fourth-order valence-corrected chi connectivity index (χ4v) is 3.24. The lowest BCUT2D eigenvalue weighted by Gasteiger charge is -2.20. The molecule has 0 spiro atoms. The van der Waals surface area contributed by atoms with Crippen LogP contribution in [0.1, 0.15) is 13.8 Å². The average Bonchev–Trinajstić information content (AvgIpc) is 2.97. The molecule has 0 fully saturated rings. The van der Waals surface area contributed by atoms with Gasteiger partial charge in [-0.25, -0.2) is 0 Å². The minimum Gasteiger partial charge on any atom is -0.496 e. The van der Waals surface area contributed by atoms with Gasteiger partial charge in [0.25, 0.3) is 0 Å². The molecule has 0 aliphatic rings. The standard InChI is InChI=1S/C18H24N4O2S/c1-6-22(11-13(2)3)16(23)12-25-18-20-19-17(21(18)4)14-9-7-8-10-15(14)24-5/h7-10H,2,6,11-12H2,1,3-5H3. The van der Waals surface area contributed by atoms with Crippen LogP contribution in [-0.2, 0) is 11.8 Å². The van der Waals surface area contributed by atoms with Gasteiger partial charge in [-0.05, 0) is 26.0 Å². The van der Waals surface area contributed by atoms with Crippen LogP contribution in [0.3, 0.4) is 0 Å². The maximum Gasteiger partial charge on any atom is 0.233 e. The molecule has 0 radical (unpaired) electrons. The summed E-state index contributed by atoms with van der Waals surface area (Å²) in [5.41, 5.74) is 1.84. The van der Waals surface area contributed by atoms with Crippen molar-refractivity contribution in [3.05, 3.63) is 36.4 Å². The number of aromatic nitrogens is 3. The number of nitrogens with zero attached hydrogens (tertiary/aromatic N) is 4. The summed E-state index contributed by atoms with van der Waals surface area (Å²) in [6, 6.07) is 7.67. The molecule has 0 aliphatic carbocycles. The van der Waals surface area contributed by atoms with Crippen LogP contribution in [0.5, 0.6) is 5.75 Å². The molecule has 1 aromatic carbocycles. The summed E-state index contributed by atoms with van der Waals surface area (Å²) in [7, 11) is 3.52. The molecule has 0 N–H and O–H groups in total. The largest absolute Gasteiger partial charge is 0.496 e. The molecular formula is C18H24N4O2S. The van der Waals surface area contributed by atoms with E-state index in [1.165, 1.54) is 11.8 Å². The van der Waals surface area contributed by atoms with Crippen molar-refractivity contribution >= 4 is 17.7 Å². The first-order chi connectivity index (χ1) is 12.0. The van der Waals surface area contributed by atoms with Gasteiger partial charge in [-0.15, -0.1) is 10.2 Å². The van der Waals surface area contributed by atoms with Crippen LogP contribution in [0.2, 0.25) is 0 Å². The number of carbonyl (C=O) groups excluding carboxylic acids is 1. The normalized spacial score (nSPS) is 10.6. The molecule has 0 bridgehead atoms. The third kappa shape index (κ3) is 4.63. The number of para-hydroxylation sites is 1. The van der Waals surface area contributed by atoms with Crippen molar-refractivity contribution in [2.45, 2.75) is 19.0 Å². The summed E-state index contributed by atoms with van der Waals surface area (Å²) in [6.07, 6.45) is 0. The van der Waals surface area contributed by atoms with Crippen LogP contribution in [0, 0.1) is 0 Å². The number of hydrogen-bond donors (Lipinski definition) is 0. The zero-order chi connectivity index (χ0) is 18.4. The van der Waals surface area contributed by atoms with E-state index in [1.807, 2.05) is 49.7 Å². The number of likely N-dealkylation sites (N-methyl/N-ethyl adjacent to an activating group) is 1. The second-order valence-electron chi connectivity index (χ2n) is 5.72. The summed E-state index contributed by atoms with van der Waals surface area (Å²) in [4.78, 5) is 14.1. The molecule has 0 saturated heterocycles. The smallest absolute Gasteiger partial charge is 0.233 e. The molecule has 0 unspecified atom stereocenters. The van der Waals surface area contributed by atoms with Crippen molar-refractivity contribution in [2.75, 3.05) is 26.0 Å². The molecule has 1 heterocycles. The SMILES string of the molecule is C=C(C)CN(CC)C(=O)CSc1nnc(-c2ccccc2OC)n1C. The van der Waals surface area contributed by atoms with Gasteiger partial charge in [0.2, 0.25) is 5.91 Å². The van der Waals surface area contributed by atoms with Crippen molar-refractivity contribution in [1.29, 1.82) is 0 Å². The Morgan fingerprint density at radius 1 is 1.36 bits per heavy atom. The van der Waals surface area contributed by atoms with Crippen LogP contribution < -0.4 is 4.74 Å². The predicted molar refractivity (Wildman–Crippen MR) is 101 cm³/mol. The minimum absolute atomic E-state index is 0.0670. The average molecular weight is 360 g/mol. The lowest BCUT2D eigenvalue weighted by molar-refractivity contribution is -0.127. The third-order valence-electron chi connectivity index (χ3n) is 3.70. The van der Waals surface area contributed by atoms with Crippen molar-refractivity contribution in [3.63, 3.8) is 0 Å². The summed E-state index contributed by atoms with van der Waals surface area (Å²) in [6.45, 7) is 9.01. The van der Waals surface area contributed by atoms with Crippen LogP contribution in [0.15, 0.2) is 41.6 Å². The molecule has 6 nitrogen and oxygen atoms in total. The zero-order valence-electron chi connectivity index (χ0n) is 15.2. The molecule has 2 rings (SSSR count). The molecule has 134 valence electrons. The molecule has 2 aromatic rings. The van der Waals surface area contributed by atoms with E-state index >= 15 is 0 Å². The van der Waals surface area contributed by atoms with Gasteiger partial charge in [0.1, 0.15) is 5.75 Å². The zero-order valence-corrected chi connectivity index (χ0v) is 16.0. The number of ether oxygens (including phenoxy) is 1. The molecule has 7 heteroatoms. The van der Waals surface area contributed by atoms with Crippen LogP contribution in [0.4, 0.5) is 0 Å². The maximum absolute atomic E-state index is 12.4. The van der Waals surface area contributed by atoms with Gasteiger partial charge in [0.05, 0.1) is 18.4 Å². The maximum atomic E-state index is 12.4. The number of hydrogen-bond acceptors (Lipinski definition) is 5. The van der Waals surface area contributed by atoms with E-state index in [0.717, 1.165) is 16.9 Å². The fourth-order valence-electron chi connectivity index (χ4n) is 2.42. The first kappa shape index (κ1) is 19.1. The lowest BCUT2D eigenvalue weighted by atomic mass is 10.2. The Bertz CT molecular complexity index is 757. The Hall–Kier alpha value is -2.28. The quantitative estimate of drug-likeness (QED) is 0.535. The van der Waals surface area contributed by atoms with E-state index in [0.29, 0.717) is 29.8 Å². The Balaban J connectivity index is 2.11. The highest BCUT2D eigenvalue weighted by atomic mass is 32.2. The van der Waals surface area contributed by atoms with Crippen molar-refractivity contribution in [1.82, 2.24) is 19.7 Å². The Morgan fingerprint density at radius 2 is 2.08 bits per heavy atom. The number of thioether (sulfide) groups is 1. The first-order valence-corrected chi connectivity index (χ1v) is 9.04. The summed E-state index contributed by atoms with van der Waals surface area (Å²) >= 11 is 1.38. The fraction of sp³-hybridized carbons (Fsp3) is 0.389. The highest BCUT2D eigenvalue weighted by Crippen LogP contribution is 2.29. The van der Waals surface area contributed by atoms with E-state index in [9.17, 15) is 4.79 Å². The number of amides is 1. The molecule has 1 amide bonds. The third-order valence-corrected chi connectivity index (χ3v) is 4.71. The summed E-state index contributed by atoms with van der Waals surface area (Å²) in [5, 5.41) is 9.17. The van der Waals surface area contributed by atoms with E-state index in [4.69, 9.17) is 4.74 Å². The van der Waals surface area contributed by atoms with E-state index < -0.39 is 0 Å². The first-order valence-electron chi connectivity index (χ1n) is 8.05. The number of rotatable bonds is 8. The number of benzene rings is 1. The lowest BCUT2D eigenvalue weighted by Crippen LogP contribution is -2.33. The Morgan fingerprint density at radius 3 is 2.72 bits per heavy atom. The topological polar surface area (TPSA) is 60.3 Å². The highest BCUT2D eigenvalue weighted by molar-refractivity contribution is 7.99. The van der Waals surface area contributed by atoms with Crippen molar-refractivity contribution in [3.8, 4) is 17.1 Å². The van der Waals surface area contributed by atoms with Crippen LogP contribution in [-0.4, -0.2) is 51.5 Å². The van der Waals surface area contributed by atoms with Gasteiger partial charge in [-0.3, -0.25) is 4.79 Å². The van der Waals surface area contributed by atoms with Crippen LogP contribution in [0.25, 0.3) is 11.4 Å². The van der Waals surface area contributed by atoms with E-state index in [2.05, 4.69) is 16.8 Å². The minimum atomic E-state index is 0.0670. The van der Waals surface area contributed by atoms with Gasteiger partial charge in [-0.2, -0.15) is 0 Å². The van der Waals surface area contributed by atoms with Gasteiger partial charge < -0.3 is 14.2 Å². The van der Waals surface area contributed by atoms with Crippen molar-refractivity contribution in [2.24, 2.45) is 7.05 Å². The monoisotopic (exact) mass is 360 g/mol. The number of carbonyl (C=O) groups is 1. The van der Waals surface area contributed by atoms with Gasteiger partial charge in [-0.1, -0.05) is 36.0 Å². The molecule has 0 atom stereocenters. The van der Waals surface area contributed by atoms with Gasteiger partial charge in [0, 0.05) is 20.1 Å². The summed E-state index contributed by atoms with van der Waals surface area (Å²) in [5.74, 6) is 1.84. The Labute approximate surface area is 152 Å².